The molecule has 0 aliphatic carbocycles. The van der Waals surface area contributed by atoms with Crippen LogP contribution in [0.2, 0.25) is 0 Å². The summed E-state index contributed by atoms with van der Waals surface area (Å²) in [7, 11) is -2.86. The first kappa shape index (κ1) is 10.4. The molecule has 2 aliphatic rings. The molecule has 2 fully saturated rings. The van der Waals surface area contributed by atoms with E-state index in [1.165, 1.54) is 0 Å². The molecule has 0 N–H and O–H groups in total. The van der Waals surface area contributed by atoms with E-state index in [9.17, 15) is 8.42 Å². The van der Waals surface area contributed by atoms with Crippen molar-refractivity contribution in [2.45, 2.75) is 45.8 Å². The van der Waals surface area contributed by atoms with Crippen molar-refractivity contribution in [3.63, 3.8) is 0 Å². The van der Waals surface area contributed by atoms with Gasteiger partial charge in [-0.05, 0) is 25.7 Å². The summed E-state index contributed by atoms with van der Waals surface area (Å²) in [5, 5.41) is -0.250. The number of rotatable bonds is 0. The van der Waals surface area contributed by atoms with Gasteiger partial charge >= 0.3 is 0 Å². The van der Waals surface area contributed by atoms with Gasteiger partial charge in [0.1, 0.15) is 0 Å². The molecule has 0 aromatic heterocycles. The molecule has 0 aromatic rings. The molecule has 2 saturated heterocycles. The lowest BCUT2D eigenvalue weighted by molar-refractivity contribution is 0.451. The average Bonchev–Trinajstić information content (AvgIpc) is 1.99. The van der Waals surface area contributed by atoms with E-state index >= 15 is 0 Å². The van der Waals surface area contributed by atoms with Crippen molar-refractivity contribution in [2.24, 2.45) is 0 Å². The molecule has 0 amide bonds. The van der Waals surface area contributed by atoms with Crippen LogP contribution in [0.3, 0.4) is 0 Å². The van der Waals surface area contributed by atoms with Gasteiger partial charge in [0.25, 0.3) is 0 Å². The van der Waals surface area contributed by atoms with E-state index in [1.54, 1.807) is 0 Å². The number of hydrogen-bond acceptors (Lipinski definition) is 2. The van der Waals surface area contributed by atoms with E-state index in [-0.39, 0.29) is 20.2 Å². The Bertz CT molecular complexity index is 277. The Kier molecular flexibility index (Phi) is 2.80. The van der Waals surface area contributed by atoms with Gasteiger partial charge < -0.3 is 0 Å². The molecule has 13 heavy (non-hydrogen) atoms. The largest absolute Gasteiger partial charge is 0.228 e. The van der Waals surface area contributed by atoms with Crippen LogP contribution in [0.25, 0.3) is 0 Å². The van der Waals surface area contributed by atoms with Gasteiger partial charge in [0.2, 0.25) is 0 Å². The normalized spacial score (nSPS) is 48.8. The molecule has 0 aromatic carbocycles. The number of alkyl halides is 2. The fourth-order valence-electron chi connectivity index (χ4n) is 2.35. The molecule has 2 aliphatic heterocycles. The van der Waals surface area contributed by atoms with Gasteiger partial charge in [-0.15, -0.1) is 0 Å². The molecule has 5 heteroatoms. The molecule has 2 heterocycles. The highest BCUT2D eigenvalue weighted by Crippen LogP contribution is 2.42. The van der Waals surface area contributed by atoms with Gasteiger partial charge in [-0.2, -0.15) is 0 Å². The minimum Gasteiger partial charge on any atom is -0.228 e. The van der Waals surface area contributed by atoms with Crippen LogP contribution >= 0.6 is 31.9 Å². The molecular weight excluding hydrogens is 320 g/mol. The third kappa shape index (κ3) is 1.61. The predicted molar refractivity (Wildman–Crippen MR) is 60.4 cm³/mol. The highest BCUT2D eigenvalue weighted by Gasteiger charge is 2.48. The Labute approximate surface area is 95.6 Å². The highest BCUT2D eigenvalue weighted by molar-refractivity contribution is 9.10. The molecule has 2 bridgehead atoms. The van der Waals surface area contributed by atoms with Crippen LogP contribution in [0.1, 0.15) is 25.7 Å². The first-order valence-corrected chi connectivity index (χ1v) is 7.98. The SMILES string of the molecule is O=S1(=O)[C@@H]2CC[C@H](Br)[C@H]1CC[C@H]2Br. The lowest BCUT2D eigenvalue weighted by atomic mass is 9.99. The minimum atomic E-state index is -2.86. The number of sulfone groups is 1. The van der Waals surface area contributed by atoms with E-state index in [0.717, 1.165) is 25.7 Å². The van der Waals surface area contributed by atoms with Gasteiger partial charge in [-0.25, -0.2) is 8.42 Å². The van der Waals surface area contributed by atoms with Gasteiger partial charge in [-0.1, -0.05) is 31.9 Å². The highest BCUT2D eigenvalue weighted by atomic mass is 79.9. The lowest BCUT2D eigenvalue weighted by Crippen LogP contribution is -2.50. The Morgan fingerprint density at radius 1 is 0.846 bits per heavy atom. The van der Waals surface area contributed by atoms with E-state index in [4.69, 9.17) is 0 Å². The Hall–Kier alpha value is 0.910. The lowest BCUT2D eigenvalue weighted by Gasteiger charge is -2.40. The van der Waals surface area contributed by atoms with Crippen molar-refractivity contribution < 1.29 is 8.42 Å². The zero-order valence-electron chi connectivity index (χ0n) is 7.12. The van der Waals surface area contributed by atoms with E-state index in [2.05, 4.69) is 31.9 Å². The first-order chi connectivity index (χ1) is 6.03. The van der Waals surface area contributed by atoms with Crippen molar-refractivity contribution in [3.8, 4) is 0 Å². The van der Waals surface area contributed by atoms with Crippen LogP contribution in [0.15, 0.2) is 0 Å². The van der Waals surface area contributed by atoms with E-state index in [0.29, 0.717) is 0 Å². The monoisotopic (exact) mass is 330 g/mol. The van der Waals surface area contributed by atoms with Crippen molar-refractivity contribution in [1.82, 2.24) is 0 Å². The van der Waals surface area contributed by atoms with Crippen LogP contribution < -0.4 is 0 Å². The summed E-state index contributed by atoms with van der Waals surface area (Å²) < 4.78 is 23.9. The van der Waals surface area contributed by atoms with Gasteiger partial charge in [0.15, 0.2) is 9.84 Å². The zero-order chi connectivity index (χ0) is 9.64. The maximum Gasteiger partial charge on any atom is 0.158 e. The smallest absolute Gasteiger partial charge is 0.158 e. The average molecular weight is 332 g/mol. The molecule has 2 rings (SSSR count). The third-order valence-electron chi connectivity index (χ3n) is 3.10. The number of halogens is 2. The minimum absolute atomic E-state index is 0.125. The molecule has 4 atom stereocenters. The summed E-state index contributed by atoms with van der Waals surface area (Å²) in [4.78, 5) is 0.377. The fraction of sp³-hybridized carbons (Fsp3) is 1.00. The van der Waals surface area contributed by atoms with Crippen molar-refractivity contribution in [3.05, 3.63) is 0 Å². The Morgan fingerprint density at radius 3 is 1.62 bits per heavy atom. The number of hydrogen-bond donors (Lipinski definition) is 0. The van der Waals surface area contributed by atoms with Crippen molar-refractivity contribution in [1.29, 1.82) is 0 Å². The number of fused-ring (bicyclic) bond motifs is 2. The predicted octanol–water partition coefficient (Wildman–Crippen LogP) is 2.25. The summed E-state index contributed by atoms with van der Waals surface area (Å²) >= 11 is 6.95. The zero-order valence-corrected chi connectivity index (χ0v) is 11.1. The second-order valence-corrected chi connectivity index (χ2v) is 8.59. The molecular formula is C8H12Br2O2S. The van der Waals surface area contributed by atoms with Gasteiger partial charge in [-0.3, -0.25) is 0 Å². The van der Waals surface area contributed by atoms with Crippen LogP contribution in [-0.4, -0.2) is 28.6 Å². The van der Waals surface area contributed by atoms with E-state index in [1.807, 2.05) is 0 Å². The standard InChI is InChI=1S/C8H12Br2O2S/c9-5-1-3-7-6(10)2-4-8(5)13(7,11)12/h5-8H,1-4H2/t5-,6+,7-,8-/m1/s1. The molecule has 0 unspecified atom stereocenters. The van der Waals surface area contributed by atoms with E-state index < -0.39 is 9.84 Å². The summed E-state index contributed by atoms with van der Waals surface area (Å²) in [6, 6.07) is 0. The summed E-state index contributed by atoms with van der Waals surface area (Å²) in [5.41, 5.74) is 0. The summed E-state index contributed by atoms with van der Waals surface area (Å²) in [6.07, 6.45) is 3.61. The van der Waals surface area contributed by atoms with Crippen LogP contribution in [0.4, 0.5) is 0 Å². The molecule has 0 radical (unpaired) electrons. The van der Waals surface area contributed by atoms with Gasteiger partial charge in [0, 0.05) is 9.65 Å². The second-order valence-electron chi connectivity index (χ2n) is 3.85. The van der Waals surface area contributed by atoms with Crippen LogP contribution in [-0.2, 0) is 9.84 Å². The Balaban J connectivity index is 2.36. The van der Waals surface area contributed by atoms with Crippen molar-refractivity contribution in [2.75, 3.05) is 0 Å². The molecule has 2 nitrogen and oxygen atoms in total. The molecule has 76 valence electrons. The van der Waals surface area contributed by atoms with Gasteiger partial charge in [0.05, 0.1) is 10.5 Å². The maximum atomic E-state index is 12.0. The summed E-state index contributed by atoms with van der Waals surface area (Å²) in [5.74, 6) is 0. The van der Waals surface area contributed by atoms with Crippen LogP contribution in [0, 0.1) is 0 Å². The Morgan fingerprint density at radius 2 is 1.23 bits per heavy atom. The molecule has 0 saturated carbocycles. The summed E-state index contributed by atoms with van der Waals surface area (Å²) in [6.45, 7) is 0. The topological polar surface area (TPSA) is 34.1 Å². The van der Waals surface area contributed by atoms with Crippen LogP contribution in [0.5, 0.6) is 0 Å². The van der Waals surface area contributed by atoms with Crippen molar-refractivity contribution >= 4 is 41.7 Å². The first-order valence-electron chi connectivity index (χ1n) is 4.54. The third-order valence-corrected chi connectivity index (χ3v) is 8.81. The molecule has 0 spiro atoms. The fourth-order valence-corrected chi connectivity index (χ4v) is 7.68. The second kappa shape index (κ2) is 3.49. The maximum absolute atomic E-state index is 12.0. The quantitative estimate of drug-likeness (QED) is 0.638.